The van der Waals surface area contributed by atoms with Crippen LogP contribution in [-0.4, -0.2) is 28.7 Å². The maximum atomic E-state index is 13.0. The molecule has 0 spiro atoms. The number of nitrogens with zero attached hydrogens (tertiary/aromatic N) is 3. The van der Waals surface area contributed by atoms with Crippen LogP contribution >= 0.6 is 11.6 Å². The molecule has 4 rings (SSSR count). The Labute approximate surface area is 140 Å². The van der Waals surface area contributed by atoms with Gasteiger partial charge in [0.25, 0.3) is 0 Å². The van der Waals surface area contributed by atoms with Crippen molar-refractivity contribution < 1.29 is 8.42 Å². The second-order valence-corrected chi connectivity index (χ2v) is 8.40. The predicted octanol–water partition coefficient (Wildman–Crippen LogP) is 2.72. The van der Waals surface area contributed by atoms with E-state index >= 15 is 0 Å². The minimum Gasteiger partial charge on any atom is -0.244 e. The van der Waals surface area contributed by atoms with Gasteiger partial charge in [-0.05, 0) is 30.5 Å². The molecular weight excluding hydrogens is 334 g/mol. The number of hydrogen-bond acceptors (Lipinski definition) is 4. The van der Waals surface area contributed by atoms with Crippen molar-refractivity contribution in [2.45, 2.75) is 37.1 Å². The van der Waals surface area contributed by atoms with E-state index in [1.165, 1.54) is 6.33 Å². The molecule has 2 atom stereocenters. The molecule has 2 aliphatic heterocycles. The fourth-order valence-electron chi connectivity index (χ4n) is 3.71. The molecule has 0 N–H and O–H groups in total. The fourth-order valence-corrected chi connectivity index (χ4v) is 5.92. The van der Waals surface area contributed by atoms with E-state index in [9.17, 15) is 8.42 Å². The summed E-state index contributed by atoms with van der Waals surface area (Å²) in [6, 6.07) is 6.91. The van der Waals surface area contributed by atoms with Gasteiger partial charge >= 0.3 is 0 Å². The molecule has 2 bridgehead atoms. The minimum absolute atomic E-state index is 0.00610. The molecule has 0 aliphatic carbocycles. The molecule has 1 saturated heterocycles. The molecule has 2 unspecified atom stereocenters. The van der Waals surface area contributed by atoms with Crippen LogP contribution in [0, 0.1) is 0 Å². The first-order valence-electron chi connectivity index (χ1n) is 7.59. The van der Waals surface area contributed by atoms with Crippen LogP contribution < -0.4 is 0 Å². The summed E-state index contributed by atoms with van der Waals surface area (Å²) in [5.74, 6) is -0.0242. The molecule has 5 nitrogen and oxygen atoms in total. The van der Waals surface area contributed by atoms with Crippen molar-refractivity contribution >= 4 is 21.6 Å². The lowest BCUT2D eigenvalue weighted by atomic mass is 10.0. The Balaban J connectivity index is 1.68. The maximum absolute atomic E-state index is 13.0. The van der Waals surface area contributed by atoms with Crippen molar-refractivity contribution in [2.75, 3.05) is 0 Å². The molecule has 0 amide bonds. The summed E-state index contributed by atoms with van der Waals surface area (Å²) < 4.78 is 27.6. The SMILES string of the molecule is O=S(=O)(Cc1cccc(Cl)c1)N1C2CCC1c1cncnc1C2. The molecular formula is C16H16ClN3O2S. The highest BCUT2D eigenvalue weighted by atomic mass is 35.5. The van der Waals surface area contributed by atoms with E-state index in [-0.39, 0.29) is 17.8 Å². The van der Waals surface area contributed by atoms with Gasteiger partial charge in [-0.1, -0.05) is 23.7 Å². The highest BCUT2D eigenvalue weighted by molar-refractivity contribution is 7.88. The summed E-state index contributed by atoms with van der Waals surface area (Å²) in [6.45, 7) is 0. The van der Waals surface area contributed by atoms with Gasteiger partial charge in [0.1, 0.15) is 6.33 Å². The first-order chi connectivity index (χ1) is 11.0. The quantitative estimate of drug-likeness (QED) is 0.854. The monoisotopic (exact) mass is 349 g/mol. The number of benzene rings is 1. The van der Waals surface area contributed by atoms with Crippen molar-refractivity contribution in [2.24, 2.45) is 0 Å². The Hall–Kier alpha value is -1.50. The van der Waals surface area contributed by atoms with Crippen molar-refractivity contribution in [3.8, 4) is 0 Å². The highest BCUT2D eigenvalue weighted by Crippen LogP contribution is 2.45. The van der Waals surface area contributed by atoms with Crippen molar-refractivity contribution in [1.82, 2.24) is 14.3 Å². The third-order valence-corrected chi connectivity index (χ3v) is 6.74. The van der Waals surface area contributed by atoms with Crippen LogP contribution in [0.2, 0.25) is 5.02 Å². The van der Waals surface area contributed by atoms with Gasteiger partial charge < -0.3 is 0 Å². The van der Waals surface area contributed by atoms with Gasteiger partial charge in [0, 0.05) is 29.2 Å². The minimum atomic E-state index is -3.41. The fraction of sp³-hybridized carbons (Fsp3) is 0.375. The summed E-state index contributed by atoms with van der Waals surface area (Å²) >= 11 is 5.97. The largest absolute Gasteiger partial charge is 0.244 e. The maximum Gasteiger partial charge on any atom is 0.219 e. The van der Waals surface area contributed by atoms with E-state index in [0.717, 1.165) is 24.1 Å². The third kappa shape index (κ3) is 2.65. The first-order valence-corrected chi connectivity index (χ1v) is 9.58. The molecule has 2 aromatic rings. The van der Waals surface area contributed by atoms with Crippen LogP contribution in [0.4, 0.5) is 0 Å². The van der Waals surface area contributed by atoms with Gasteiger partial charge in [-0.15, -0.1) is 0 Å². The van der Waals surface area contributed by atoms with E-state index < -0.39 is 10.0 Å². The molecule has 7 heteroatoms. The summed E-state index contributed by atoms with van der Waals surface area (Å²) in [5.41, 5.74) is 2.66. The molecule has 1 aromatic carbocycles. The summed E-state index contributed by atoms with van der Waals surface area (Å²) in [7, 11) is -3.41. The molecule has 1 aromatic heterocycles. The van der Waals surface area contributed by atoms with Crippen LogP contribution in [0.1, 0.15) is 35.7 Å². The van der Waals surface area contributed by atoms with Gasteiger partial charge in [0.05, 0.1) is 17.5 Å². The van der Waals surface area contributed by atoms with E-state index in [1.54, 1.807) is 34.8 Å². The lowest BCUT2D eigenvalue weighted by Gasteiger charge is -2.34. The van der Waals surface area contributed by atoms with E-state index in [4.69, 9.17) is 11.6 Å². The van der Waals surface area contributed by atoms with Crippen LogP contribution in [0.3, 0.4) is 0 Å². The Morgan fingerprint density at radius 2 is 2.17 bits per heavy atom. The topological polar surface area (TPSA) is 63.2 Å². The zero-order chi connectivity index (χ0) is 16.0. The van der Waals surface area contributed by atoms with Crippen LogP contribution in [0.25, 0.3) is 0 Å². The average molecular weight is 350 g/mol. The molecule has 3 heterocycles. The van der Waals surface area contributed by atoms with Crippen LogP contribution in [0.5, 0.6) is 0 Å². The molecule has 1 fully saturated rings. The third-order valence-electron chi connectivity index (χ3n) is 4.61. The molecule has 0 saturated carbocycles. The molecule has 23 heavy (non-hydrogen) atoms. The smallest absolute Gasteiger partial charge is 0.219 e. The Morgan fingerprint density at radius 1 is 1.30 bits per heavy atom. The first kappa shape index (κ1) is 15.1. The van der Waals surface area contributed by atoms with Crippen molar-refractivity contribution in [3.05, 3.63) is 58.6 Å². The van der Waals surface area contributed by atoms with Crippen molar-refractivity contribution in [3.63, 3.8) is 0 Å². The number of sulfonamides is 1. The lowest BCUT2D eigenvalue weighted by molar-refractivity contribution is 0.300. The highest BCUT2D eigenvalue weighted by Gasteiger charge is 2.46. The number of halogens is 1. The number of aromatic nitrogens is 2. The van der Waals surface area contributed by atoms with Gasteiger partial charge in [0.2, 0.25) is 10.0 Å². The van der Waals surface area contributed by atoms with Gasteiger partial charge in [-0.2, -0.15) is 4.31 Å². The Morgan fingerprint density at radius 3 is 3.00 bits per heavy atom. The van der Waals surface area contributed by atoms with Crippen molar-refractivity contribution in [1.29, 1.82) is 0 Å². The van der Waals surface area contributed by atoms with Crippen LogP contribution in [0.15, 0.2) is 36.8 Å². The second kappa shape index (κ2) is 5.54. The molecule has 2 aliphatic rings. The van der Waals surface area contributed by atoms with Gasteiger partial charge in [-0.3, -0.25) is 0 Å². The number of hydrogen-bond donors (Lipinski definition) is 0. The standard InChI is InChI=1S/C16H16ClN3O2S/c17-12-3-1-2-11(6-12)9-23(21,22)20-13-4-5-16(20)14-8-18-10-19-15(14)7-13/h1-3,6,8,10,13,16H,4-5,7,9H2. The second-order valence-electron chi connectivity index (χ2n) is 6.09. The van der Waals surface area contributed by atoms with E-state index in [1.807, 2.05) is 0 Å². The number of rotatable bonds is 3. The predicted molar refractivity (Wildman–Crippen MR) is 87.4 cm³/mol. The zero-order valence-electron chi connectivity index (χ0n) is 12.4. The summed E-state index contributed by atoms with van der Waals surface area (Å²) in [4.78, 5) is 8.40. The lowest BCUT2D eigenvalue weighted by Crippen LogP contribution is -2.42. The summed E-state index contributed by atoms with van der Waals surface area (Å²) in [5, 5.41) is 0.554. The van der Waals surface area contributed by atoms with E-state index in [2.05, 4.69) is 9.97 Å². The van der Waals surface area contributed by atoms with E-state index in [0.29, 0.717) is 17.0 Å². The number of fused-ring (bicyclic) bond motifs is 4. The van der Waals surface area contributed by atoms with Gasteiger partial charge in [-0.25, -0.2) is 18.4 Å². The van der Waals surface area contributed by atoms with Crippen LogP contribution in [-0.2, 0) is 22.2 Å². The normalized spacial score (nSPS) is 23.7. The van der Waals surface area contributed by atoms with Gasteiger partial charge in [0.15, 0.2) is 0 Å². The Bertz CT molecular complexity index is 856. The summed E-state index contributed by atoms with van der Waals surface area (Å²) in [6.07, 6.45) is 5.67. The average Bonchev–Trinajstić information content (AvgIpc) is 2.84. The molecule has 120 valence electrons. The molecule has 0 radical (unpaired) electrons. The zero-order valence-corrected chi connectivity index (χ0v) is 14.0. The Kier molecular flexibility index (Phi) is 3.63.